The van der Waals surface area contributed by atoms with E-state index in [9.17, 15) is 0 Å². The van der Waals surface area contributed by atoms with Gasteiger partial charge in [-0.3, -0.25) is 0 Å². The van der Waals surface area contributed by atoms with Crippen molar-refractivity contribution in [3.05, 3.63) is 21.1 Å². The second-order valence-corrected chi connectivity index (χ2v) is 5.56. The van der Waals surface area contributed by atoms with Crippen molar-refractivity contribution in [3.63, 3.8) is 0 Å². The van der Waals surface area contributed by atoms with Crippen LogP contribution in [0.2, 0.25) is 5.15 Å². The molecule has 0 aliphatic heterocycles. The fourth-order valence-corrected chi connectivity index (χ4v) is 2.11. The highest BCUT2D eigenvalue weighted by atomic mass is 79.9. The summed E-state index contributed by atoms with van der Waals surface area (Å²) in [5.74, 6) is 0.916. The molecule has 0 spiro atoms. The van der Waals surface area contributed by atoms with Gasteiger partial charge in [-0.25, -0.2) is 9.97 Å². The van der Waals surface area contributed by atoms with E-state index in [1.54, 1.807) is 0 Å². The van der Waals surface area contributed by atoms with E-state index >= 15 is 0 Å². The lowest BCUT2D eigenvalue weighted by Crippen LogP contribution is -2.10. The van der Waals surface area contributed by atoms with Crippen molar-refractivity contribution < 1.29 is 0 Å². The molecular formula is C11H14BrClN2. The monoisotopic (exact) mass is 288 g/mol. The Balaban J connectivity index is 2.41. The van der Waals surface area contributed by atoms with Crippen molar-refractivity contribution in [2.75, 3.05) is 0 Å². The van der Waals surface area contributed by atoms with Crippen LogP contribution in [0.5, 0.6) is 0 Å². The van der Waals surface area contributed by atoms with Gasteiger partial charge in [0.25, 0.3) is 0 Å². The molecule has 82 valence electrons. The second kappa shape index (κ2) is 4.02. The van der Waals surface area contributed by atoms with Gasteiger partial charge in [0.15, 0.2) is 0 Å². The quantitative estimate of drug-likeness (QED) is 0.789. The van der Waals surface area contributed by atoms with E-state index in [0.717, 1.165) is 28.8 Å². The lowest BCUT2D eigenvalue weighted by atomic mass is 10.1. The molecule has 0 N–H and O–H groups in total. The highest BCUT2D eigenvalue weighted by Crippen LogP contribution is 2.46. The first kappa shape index (κ1) is 11.3. The van der Waals surface area contributed by atoms with Crippen LogP contribution in [0.3, 0.4) is 0 Å². The Kier molecular flexibility index (Phi) is 3.04. The van der Waals surface area contributed by atoms with Crippen LogP contribution in [0, 0.1) is 0 Å². The maximum atomic E-state index is 6.09. The van der Waals surface area contributed by atoms with E-state index in [-0.39, 0.29) is 5.41 Å². The molecule has 0 amide bonds. The van der Waals surface area contributed by atoms with Gasteiger partial charge in [-0.2, -0.15) is 0 Å². The number of hydrogen-bond acceptors (Lipinski definition) is 2. The van der Waals surface area contributed by atoms with Crippen LogP contribution in [0.15, 0.2) is 4.47 Å². The molecule has 0 aromatic carbocycles. The molecule has 1 fully saturated rings. The predicted molar refractivity (Wildman–Crippen MR) is 65.3 cm³/mol. The topological polar surface area (TPSA) is 25.8 Å². The highest BCUT2D eigenvalue weighted by Gasteiger charge is 2.42. The summed E-state index contributed by atoms with van der Waals surface area (Å²) >= 11 is 9.54. The Hall–Kier alpha value is -0.150. The van der Waals surface area contributed by atoms with Crippen molar-refractivity contribution >= 4 is 27.5 Å². The molecule has 0 bridgehead atoms. The maximum absolute atomic E-state index is 6.09. The van der Waals surface area contributed by atoms with Gasteiger partial charge in [-0.15, -0.1) is 0 Å². The lowest BCUT2D eigenvalue weighted by Gasteiger charge is -2.11. The maximum Gasteiger partial charge on any atom is 0.147 e. The average Bonchev–Trinajstić information content (AvgIpc) is 2.93. The van der Waals surface area contributed by atoms with E-state index < -0.39 is 0 Å². The summed E-state index contributed by atoms with van der Waals surface area (Å²) in [5.41, 5.74) is 1.23. The number of aromatic nitrogens is 2. The summed E-state index contributed by atoms with van der Waals surface area (Å²) in [5, 5.41) is 0.552. The van der Waals surface area contributed by atoms with Crippen molar-refractivity contribution in [3.8, 4) is 0 Å². The number of aryl methyl sites for hydroxylation is 1. The third-order valence-electron chi connectivity index (χ3n) is 2.91. The zero-order chi connectivity index (χ0) is 11.1. The lowest BCUT2D eigenvalue weighted by molar-refractivity contribution is 0.690. The SMILES string of the molecule is CCCc1nc(C2(C)CC2)nc(Cl)c1Br. The third kappa shape index (κ3) is 2.18. The zero-order valence-corrected chi connectivity index (χ0v) is 11.3. The Morgan fingerprint density at radius 3 is 2.60 bits per heavy atom. The molecule has 1 heterocycles. The number of halogens is 2. The first-order valence-electron chi connectivity index (χ1n) is 5.29. The van der Waals surface area contributed by atoms with Gasteiger partial charge in [0, 0.05) is 5.41 Å². The Bertz CT molecular complexity index is 388. The smallest absolute Gasteiger partial charge is 0.147 e. The average molecular weight is 290 g/mol. The Morgan fingerprint density at radius 2 is 2.07 bits per heavy atom. The first-order valence-corrected chi connectivity index (χ1v) is 6.46. The van der Waals surface area contributed by atoms with Crippen LogP contribution in [0.1, 0.15) is 44.6 Å². The molecule has 1 aromatic rings. The molecule has 0 saturated heterocycles. The second-order valence-electron chi connectivity index (χ2n) is 4.41. The van der Waals surface area contributed by atoms with E-state index in [2.05, 4.69) is 39.7 Å². The summed E-state index contributed by atoms with van der Waals surface area (Å²) in [6.07, 6.45) is 4.38. The Labute approximate surface area is 104 Å². The molecule has 1 aliphatic carbocycles. The standard InChI is InChI=1S/C11H14BrClN2/c1-3-4-7-8(12)9(13)15-10(14-7)11(2)5-6-11/h3-6H2,1-2H3. The molecule has 0 radical (unpaired) electrons. The molecule has 1 saturated carbocycles. The minimum Gasteiger partial charge on any atom is -0.236 e. The van der Waals surface area contributed by atoms with E-state index in [0.29, 0.717) is 5.15 Å². The minimum absolute atomic E-state index is 0.187. The van der Waals surface area contributed by atoms with Crippen molar-refractivity contribution in [1.82, 2.24) is 9.97 Å². The van der Waals surface area contributed by atoms with Crippen LogP contribution in [0.25, 0.3) is 0 Å². The van der Waals surface area contributed by atoms with Gasteiger partial charge in [-0.1, -0.05) is 31.9 Å². The number of nitrogens with zero attached hydrogens (tertiary/aromatic N) is 2. The minimum atomic E-state index is 0.187. The third-order valence-corrected chi connectivity index (χ3v) is 4.24. The van der Waals surface area contributed by atoms with Crippen LogP contribution in [-0.2, 0) is 11.8 Å². The van der Waals surface area contributed by atoms with E-state index in [1.165, 1.54) is 12.8 Å². The van der Waals surface area contributed by atoms with Crippen LogP contribution in [0.4, 0.5) is 0 Å². The summed E-state index contributed by atoms with van der Waals surface area (Å²) in [7, 11) is 0. The van der Waals surface area contributed by atoms with Gasteiger partial charge >= 0.3 is 0 Å². The molecule has 1 aromatic heterocycles. The molecule has 4 heteroatoms. The Morgan fingerprint density at radius 1 is 1.40 bits per heavy atom. The summed E-state index contributed by atoms with van der Waals surface area (Å²) in [6.45, 7) is 4.34. The molecular weight excluding hydrogens is 275 g/mol. The normalized spacial score (nSPS) is 17.9. The molecule has 1 aliphatic rings. The van der Waals surface area contributed by atoms with Crippen LogP contribution < -0.4 is 0 Å². The van der Waals surface area contributed by atoms with Crippen molar-refractivity contribution in [1.29, 1.82) is 0 Å². The molecule has 0 atom stereocenters. The van der Waals surface area contributed by atoms with Gasteiger partial charge in [0.2, 0.25) is 0 Å². The van der Waals surface area contributed by atoms with E-state index in [1.807, 2.05) is 0 Å². The van der Waals surface area contributed by atoms with Crippen LogP contribution in [-0.4, -0.2) is 9.97 Å². The molecule has 2 rings (SSSR count). The molecule has 2 nitrogen and oxygen atoms in total. The van der Waals surface area contributed by atoms with Gasteiger partial charge in [0.1, 0.15) is 11.0 Å². The largest absolute Gasteiger partial charge is 0.236 e. The molecule has 0 unspecified atom stereocenters. The summed E-state index contributed by atoms with van der Waals surface area (Å²) in [6, 6.07) is 0. The highest BCUT2D eigenvalue weighted by molar-refractivity contribution is 9.10. The van der Waals surface area contributed by atoms with Gasteiger partial charge in [0.05, 0.1) is 10.2 Å². The fraction of sp³-hybridized carbons (Fsp3) is 0.636. The molecule has 15 heavy (non-hydrogen) atoms. The number of hydrogen-bond donors (Lipinski definition) is 0. The first-order chi connectivity index (χ1) is 7.07. The predicted octanol–water partition coefficient (Wildman–Crippen LogP) is 3.90. The fourth-order valence-electron chi connectivity index (χ4n) is 1.55. The number of rotatable bonds is 3. The van der Waals surface area contributed by atoms with Crippen molar-refractivity contribution in [2.24, 2.45) is 0 Å². The summed E-state index contributed by atoms with van der Waals surface area (Å²) in [4.78, 5) is 8.97. The van der Waals surface area contributed by atoms with Crippen molar-refractivity contribution in [2.45, 2.75) is 44.9 Å². The van der Waals surface area contributed by atoms with Gasteiger partial charge < -0.3 is 0 Å². The van der Waals surface area contributed by atoms with Crippen LogP contribution >= 0.6 is 27.5 Å². The summed E-state index contributed by atoms with van der Waals surface area (Å²) < 4.78 is 0.860. The zero-order valence-electron chi connectivity index (χ0n) is 8.98. The van der Waals surface area contributed by atoms with E-state index in [4.69, 9.17) is 11.6 Å². The van der Waals surface area contributed by atoms with Gasteiger partial charge in [-0.05, 0) is 35.2 Å².